The fourth-order valence-corrected chi connectivity index (χ4v) is 2.92. The number of carbonyl (C=O) groups excluding carboxylic acids is 1. The van der Waals surface area contributed by atoms with Crippen molar-refractivity contribution in [2.75, 3.05) is 19.6 Å². The third kappa shape index (κ3) is 2.70. The predicted octanol–water partition coefficient (Wildman–Crippen LogP) is 2.38. The number of H-pyrrole nitrogens is 1. The van der Waals surface area contributed by atoms with Crippen LogP contribution in [0.15, 0.2) is 30.5 Å². The van der Waals surface area contributed by atoms with E-state index in [1.165, 1.54) is 0 Å². The van der Waals surface area contributed by atoms with E-state index in [4.69, 9.17) is 0 Å². The number of hydrogen-bond donors (Lipinski definition) is 2. The first-order valence-corrected chi connectivity index (χ1v) is 7.36. The van der Waals surface area contributed by atoms with Crippen molar-refractivity contribution >= 4 is 16.8 Å². The normalized spacial score (nSPS) is 20.1. The molecule has 4 heteroatoms. The van der Waals surface area contributed by atoms with E-state index in [0.717, 1.165) is 48.9 Å². The van der Waals surface area contributed by atoms with Crippen molar-refractivity contribution in [3.05, 3.63) is 36.0 Å². The van der Waals surface area contributed by atoms with E-state index in [0.29, 0.717) is 0 Å². The number of likely N-dealkylation sites (N-methyl/N-ethyl adjacent to an activating group) is 1. The molecular weight excluding hydrogens is 250 g/mol. The van der Waals surface area contributed by atoms with Gasteiger partial charge in [-0.1, -0.05) is 13.0 Å². The number of likely N-dealkylation sites (tertiary alicyclic amines) is 1. The summed E-state index contributed by atoms with van der Waals surface area (Å²) in [5.74, 6) is 0.0319. The van der Waals surface area contributed by atoms with Gasteiger partial charge in [-0.25, -0.2) is 0 Å². The third-order valence-electron chi connectivity index (χ3n) is 4.11. The van der Waals surface area contributed by atoms with E-state index in [9.17, 15) is 4.79 Å². The fraction of sp³-hybridized carbons (Fsp3) is 0.438. The van der Waals surface area contributed by atoms with Crippen molar-refractivity contribution in [3.63, 3.8) is 0 Å². The van der Waals surface area contributed by atoms with Crippen molar-refractivity contribution in [2.24, 2.45) is 0 Å². The zero-order valence-corrected chi connectivity index (χ0v) is 11.9. The molecule has 1 unspecified atom stereocenters. The second kappa shape index (κ2) is 5.67. The number of amides is 1. The molecule has 1 aromatic heterocycles. The number of benzene rings is 1. The van der Waals surface area contributed by atoms with Crippen LogP contribution in [0.4, 0.5) is 0 Å². The average Bonchev–Trinajstić information content (AvgIpc) is 2.94. The summed E-state index contributed by atoms with van der Waals surface area (Å²) >= 11 is 0. The standard InChI is InChI=1S/C16H21N3O/c1-2-19-9-3-4-14(11-19)18-16(20)13-6-5-12-7-8-17-15(12)10-13/h5-8,10,14,17H,2-4,9,11H2,1H3,(H,18,20). The number of carbonyl (C=O) groups is 1. The molecule has 1 aliphatic rings. The van der Waals surface area contributed by atoms with Crippen molar-refractivity contribution < 1.29 is 4.79 Å². The summed E-state index contributed by atoms with van der Waals surface area (Å²) in [5, 5.41) is 4.30. The monoisotopic (exact) mass is 271 g/mol. The lowest BCUT2D eigenvalue weighted by atomic mass is 10.0. The number of fused-ring (bicyclic) bond motifs is 1. The van der Waals surface area contributed by atoms with Gasteiger partial charge in [-0.2, -0.15) is 0 Å². The van der Waals surface area contributed by atoms with Crippen LogP contribution in [0.2, 0.25) is 0 Å². The molecule has 106 valence electrons. The van der Waals surface area contributed by atoms with Crippen LogP contribution in [0.25, 0.3) is 10.9 Å². The van der Waals surface area contributed by atoms with Gasteiger partial charge in [-0.3, -0.25) is 4.79 Å². The van der Waals surface area contributed by atoms with Gasteiger partial charge in [0.15, 0.2) is 0 Å². The molecule has 1 atom stereocenters. The van der Waals surface area contributed by atoms with Crippen molar-refractivity contribution in [2.45, 2.75) is 25.8 Å². The maximum Gasteiger partial charge on any atom is 0.251 e. The molecule has 0 spiro atoms. The van der Waals surface area contributed by atoms with E-state index in [1.54, 1.807) is 0 Å². The summed E-state index contributed by atoms with van der Waals surface area (Å²) in [6.07, 6.45) is 4.13. The fourth-order valence-electron chi connectivity index (χ4n) is 2.92. The van der Waals surface area contributed by atoms with Gasteiger partial charge in [-0.15, -0.1) is 0 Å². The Morgan fingerprint density at radius 2 is 2.35 bits per heavy atom. The van der Waals surface area contributed by atoms with Crippen LogP contribution >= 0.6 is 0 Å². The molecule has 0 bridgehead atoms. The second-order valence-corrected chi connectivity index (χ2v) is 5.49. The van der Waals surface area contributed by atoms with Crippen molar-refractivity contribution in [3.8, 4) is 0 Å². The Labute approximate surface area is 119 Å². The van der Waals surface area contributed by atoms with Crippen molar-refractivity contribution in [1.29, 1.82) is 0 Å². The largest absolute Gasteiger partial charge is 0.361 e. The first-order chi connectivity index (χ1) is 9.76. The highest BCUT2D eigenvalue weighted by atomic mass is 16.1. The topological polar surface area (TPSA) is 48.1 Å². The maximum absolute atomic E-state index is 12.3. The van der Waals surface area contributed by atoms with Gasteiger partial charge in [0.2, 0.25) is 0 Å². The van der Waals surface area contributed by atoms with Crippen LogP contribution in [-0.4, -0.2) is 41.5 Å². The molecule has 2 heterocycles. The van der Waals surface area contributed by atoms with Crippen LogP contribution in [-0.2, 0) is 0 Å². The lowest BCUT2D eigenvalue weighted by Crippen LogP contribution is -2.47. The summed E-state index contributed by atoms with van der Waals surface area (Å²) in [4.78, 5) is 17.9. The summed E-state index contributed by atoms with van der Waals surface area (Å²) < 4.78 is 0. The molecule has 1 aromatic carbocycles. The highest BCUT2D eigenvalue weighted by Crippen LogP contribution is 2.15. The quantitative estimate of drug-likeness (QED) is 0.900. The van der Waals surface area contributed by atoms with Gasteiger partial charge >= 0.3 is 0 Å². The Bertz CT molecular complexity index is 605. The van der Waals surface area contributed by atoms with E-state index < -0.39 is 0 Å². The summed E-state index contributed by atoms with van der Waals surface area (Å²) in [6.45, 7) is 5.34. The molecule has 3 rings (SSSR count). The van der Waals surface area contributed by atoms with Crippen LogP contribution in [0, 0.1) is 0 Å². The number of piperidine rings is 1. The second-order valence-electron chi connectivity index (χ2n) is 5.49. The van der Waals surface area contributed by atoms with Gasteiger partial charge in [0.1, 0.15) is 0 Å². The third-order valence-corrected chi connectivity index (χ3v) is 4.11. The molecule has 2 N–H and O–H groups in total. The lowest BCUT2D eigenvalue weighted by molar-refractivity contribution is 0.0906. The minimum absolute atomic E-state index is 0.0319. The molecule has 1 amide bonds. The SMILES string of the molecule is CCN1CCCC(NC(=O)c2ccc3cc[nH]c3c2)C1. The molecule has 1 fully saturated rings. The van der Waals surface area contributed by atoms with Gasteiger partial charge in [0.05, 0.1) is 0 Å². The van der Waals surface area contributed by atoms with Crippen LogP contribution in [0.1, 0.15) is 30.1 Å². The molecule has 1 aliphatic heterocycles. The van der Waals surface area contributed by atoms with Crippen LogP contribution in [0.5, 0.6) is 0 Å². The Balaban J connectivity index is 1.69. The van der Waals surface area contributed by atoms with Gasteiger partial charge in [0, 0.05) is 29.9 Å². The number of nitrogens with zero attached hydrogens (tertiary/aromatic N) is 1. The van der Waals surface area contributed by atoms with Gasteiger partial charge in [0.25, 0.3) is 5.91 Å². The molecule has 20 heavy (non-hydrogen) atoms. The Morgan fingerprint density at radius 1 is 1.45 bits per heavy atom. The molecular formula is C16H21N3O. The number of rotatable bonds is 3. The molecule has 0 radical (unpaired) electrons. The minimum atomic E-state index is 0.0319. The van der Waals surface area contributed by atoms with Crippen LogP contribution < -0.4 is 5.32 Å². The molecule has 4 nitrogen and oxygen atoms in total. The smallest absolute Gasteiger partial charge is 0.251 e. The lowest BCUT2D eigenvalue weighted by Gasteiger charge is -2.32. The van der Waals surface area contributed by atoms with E-state index in [-0.39, 0.29) is 11.9 Å². The predicted molar refractivity (Wildman–Crippen MR) is 80.9 cm³/mol. The number of aromatic amines is 1. The summed E-state index contributed by atoms with van der Waals surface area (Å²) in [5.41, 5.74) is 1.74. The Morgan fingerprint density at radius 3 is 3.20 bits per heavy atom. The van der Waals surface area contributed by atoms with Crippen LogP contribution in [0.3, 0.4) is 0 Å². The number of nitrogens with one attached hydrogen (secondary N) is 2. The summed E-state index contributed by atoms with van der Waals surface area (Å²) in [6, 6.07) is 8.09. The number of hydrogen-bond acceptors (Lipinski definition) is 2. The van der Waals surface area contributed by atoms with Gasteiger partial charge < -0.3 is 15.2 Å². The first kappa shape index (κ1) is 13.2. The minimum Gasteiger partial charge on any atom is -0.361 e. The molecule has 0 saturated carbocycles. The Hall–Kier alpha value is -1.81. The van der Waals surface area contributed by atoms with E-state index in [2.05, 4.69) is 22.1 Å². The zero-order chi connectivity index (χ0) is 13.9. The molecule has 2 aromatic rings. The highest BCUT2D eigenvalue weighted by molar-refractivity contribution is 5.98. The summed E-state index contributed by atoms with van der Waals surface area (Å²) in [7, 11) is 0. The first-order valence-electron chi connectivity index (χ1n) is 7.36. The number of aromatic nitrogens is 1. The zero-order valence-electron chi connectivity index (χ0n) is 11.9. The Kier molecular flexibility index (Phi) is 3.74. The average molecular weight is 271 g/mol. The van der Waals surface area contributed by atoms with Gasteiger partial charge in [-0.05, 0) is 49.5 Å². The highest BCUT2D eigenvalue weighted by Gasteiger charge is 2.20. The molecule has 0 aliphatic carbocycles. The van der Waals surface area contributed by atoms with E-state index in [1.807, 2.05) is 30.5 Å². The van der Waals surface area contributed by atoms with E-state index >= 15 is 0 Å². The molecule has 1 saturated heterocycles. The van der Waals surface area contributed by atoms with Crippen molar-refractivity contribution in [1.82, 2.24) is 15.2 Å². The maximum atomic E-state index is 12.3.